The van der Waals surface area contributed by atoms with Crippen molar-refractivity contribution in [3.63, 3.8) is 0 Å². The van der Waals surface area contributed by atoms with E-state index in [0.29, 0.717) is 0 Å². The van der Waals surface area contributed by atoms with Crippen molar-refractivity contribution in [3.05, 3.63) is 150 Å². The predicted molar refractivity (Wildman–Crippen MR) is 189 cm³/mol. The van der Waals surface area contributed by atoms with Crippen molar-refractivity contribution in [3.8, 4) is 11.5 Å². The highest BCUT2D eigenvalue weighted by Gasteiger charge is 2.18. The minimum absolute atomic E-state index is 0.177. The van der Waals surface area contributed by atoms with Crippen LogP contribution in [0.1, 0.15) is 55.2 Å². The minimum atomic E-state index is -0.177. The molecule has 5 aromatic rings. The topological polar surface area (TPSA) is 40.2 Å². The summed E-state index contributed by atoms with van der Waals surface area (Å²) >= 11 is 0. The van der Waals surface area contributed by atoms with Crippen molar-refractivity contribution >= 4 is 28.7 Å². The number of hydrogen-bond acceptors (Lipinski definition) is 5. The Labute approximate surface area is 278 Å². The zero-order valence-corrected chi connectivity index (χ0v) is 26.7. The van der Waals surface area contributed by atoms with Gasteiger partial charge in [0.05, 0.1) is 13.2 Å². The lowest BCUT2D eigenvalue weighted by Gasteiger charge is -2.27. The highest BCUT2D eigenvalue weighted by molar-refractivity contribution is 5.91. The molecule has 2 aliphatic rings. The van der Waals surface area contributed by atoms with Crippen molar-refractivity contribution in [2.75, 3.05) is 18.1 Å². The van der Waals surface area contributed by atoms with E-state index in [9.17, 15) is 0 Å². The summed E-state index contributed by atoms with van der Waals surface area (Å²) in [4.78, 5) is 2.25. The number of benzene rings is 5. The molecule has 2 saturated heterocycles. The first-order chi connectivity index (χ1) is 23.3. The SMILES string of the molecule is C(=C(c1ccccc1)c1ccccc1)c1ccc(N(c2ccc(OC3CCCCO3)cc2)c2ccc(OC3CCCCO3)cc2)cc1. The molecule has 0 N–H and O–H groups in total. The van der Waals surface area contributed by atoms with Crippen LogP contribution in [0.25, 0.3) is 11.6 Å². The van der Waals surface area contributed by atoms with Crippen LogP contribution in [-0.2, 0) is 9.47 Å². The van der Waals surface area contributed by atoms with Gasteiger partial charge in [-0.1, -0.05) is 72.8 Å². The molecule has 2 unspecified atom stereocenters. The zero-order valence-electron chi connectivity index (χ0n) is 26.7. The van der Waals surface area contributed by atoms with E-state index in [-0.39, 0.29) is 12.6 Å². The maximum atomic E-state index is 6.14. The Hall–Kier alpha value is -4.84. The van der Waals surface area contributed by atoms with Gasteiger partial charge in [0, 0.05) is 29.9 Å². The number of ether oxygens (including phenoxy) is 4. The van der Waals surface area contributed by atoms with Gasteiger partial charge in [0.15, 0.2) is 12.6 Å². The lowest BCUT2D eigenvalue weighted by atomic mass is 9.95. The van der Waals surface area contributed by atoms with Crippen molar-refractivity contribution in [2.24, 2.45) is 0 Å². The first-order valence-corrected chi connectivity index (χ1v) is 16.8. The molecule has 0 saturated carbocycles. The number of rotatable bonds is 10. The highest BCUT2D eigenvalue weighted by Crippen LogP contribution is 2.37. The van der Waals surface area contributed by atoms with Crippen LogP contribution in [0.15, 0.2) is 133 Å². The second-order valence-corrected chi connectivity index (χ2v) is 12.0. The van der Waals surface area contributed by atoms with E-state index in [2.05, 4.69) is 120 Å². The summed E-state index contributed by atoms with van der Waals surface area (Å²) in [5.41, 5.74) is 7.80. The highest BCUT2D eigenvalue weighted by atomic mass is 16.7. The fourth-order valence-electron chi connectivity index (χ4n) is 6.16. The number of nitrogens with zero attached hydrogens (tertiary/aromatic N) is 1. The van der Waals surface area contributed by atoms with E-state index in [0.717, 1.165) is 85.9 Å². The molecule has 5 heteroatoms. The Bertz CT molecular complexity index is 1600. The Morgan fingerprint density at radius 3 is 1.34 bits per heavy atom. The van der Waals surface area contributed by atoms with Gasteiger partial charge in [-0.25, -0.2) is 0 Å². The molecule has 47 heavy (non-hydrogen) atoms. The van der Waals surface area contributed by atoms with Crippen molar-refractivity contribution < 1.29 is 18.9 Å². The lowest BCUT2D eigenvalue weighted by Crippen LogP contribution is -2.25. The van der Waals surface area contributed by atoms with Crippen LogP contribution >= 0.6 is 0 Å². The fraction of sp³-hybridized carbons (Fsp3) is 0.238. The molecular weight excluding hydrogens is 582 g/mol. The summed E-state index contributed by atoms with van der Waals surface area (Å²) in [5, 5.41) is 0. The van der Waals surface area contributed by atoms with Crippen LogP contribution in [0.5, 0.6) is 11.5 Å². The Balaban J connectivity index is 1.18. The maximum absolute atomic E-state index is 6.14. The van der Waals surface area contributed by atoms with E-state index in [1.54, 1.807) is 0 Å². The van der Waals surface area contributed by atoms with Crippen LogP contribution in [0.4, 0.5) is 17.1 Å². The molecule has 5 aromatic carbocycles. The predicted octanol–water partition coefficient (Wildman–Crippen LogP) is 10.6. The van der Waals surface area contributed by atoms with Gasteiger partial charge in [-0.05, 0) is 115 Å². The van der Waals surface area contributed by atoms with Crippen molar-refractivity contribution in [1.82, 2.24) is 0 Å². The molecule has 0 radical (unpaired) electrons. The quantitative estimate of drug-likeness (QED) is 0.145. The first kappa shape index (κ1) is 30.8. The Morgan fingerprint density at radius 2 is 0.936 bits per heavy atom. The summed E-state index contributed by atoms with van der Waals surface area (Å²) in [6.07, 6.45) is 8.21. The molecule has 0 aromatic heterocycles. The second-order valence-electron chi connectivity index (χ2n) is 12.0. The third kappa shape index (κ3) is 7.94. The van der Waals surface area contributed by atoms with Crippen LogP contribution in [-0.4, -0.2) is 25.8 Å². The molecular formula is C42H41NO4. The van der Waals surface area contributed by atoms with E-state index in [1.165, 1.54) is 16.7 Å². The summed E-state index contributed by atoms with van der Waals surface area (Å²) in [6, 6.07) is 46.4. The lowest BCUT2D eigenvalue weighted by molar-refractivity contribution is -0.106. The van der Waals surface area contributed by atoms with Gasteiger partial charge in [0.1, 0.15) is 11.5 Å². The van der Waals surface area contributed by atoms with E-state index in [1.807, 2.05) is 24.3 Å². The monoisotopic (exact) mass is 623 g/mol. The minimum Gasteiger partial charge on any atom is -0.465 e. The summed E-state index contributed by atoms with van der Waals surface area (Å²) < 4.78 is 23.9. The van der Waals surface area contributed by atoms with Crippen LogP contribution in [0.3, 0.4) is 0 Å². The molecule has 7 rings (SSSR count). The van der Waals surface area contributed by atoms with Gasteiger partial charge in [-0.3, -0.25) is 0 Å². The summed E-state index contributed by atoms with van der Waals surface area (Å²) in [6.45, 7) is 1.51. The van der Waals surface area contributed by atoms with E-state index < -0.39 is 0 Å². The molecule has 2 heterocycles. The third-order valence-corrected chi connectivity index (χ3v) is 8.63. The van der Waals surface area contributed by atoms with Gasteiger partial charge in [0.2, 0.25) is 0 Å². The van der Waals surface area contributed by atoms with Gasteiger partial charge in [0.25, 0.3) is 0 Å². The molecule has 2 aliphatic heterocycles. The maximum Gasteiger partial charge on any atom is 0.199 e. The molecule has 2 fully saturated rings. The molecule has 0 bridgehead atoms. The van der Waals surface area contributed by atoms with Crippen molar-refractivity contribution in [1.29, 1.82) is 0 Å². The summed E-state index contributed by atoms with van der Waals surface area (Å²) in [5.74, 6) is 1.62. The average molecular weight is 624 g/mol. The van der Waals surface area contributed by atoms with Gasteiger partial charge >= 0.3 is 0 Å². The van der Waals surface area contributed by atoms with Gasteiger partial charge in [-0.15, -0.1) is 0 Å². The van der Waals surface area contributed by atoms with Crippen LogP contribution in [0.2, 0.25) is 0 Å². The molecule has 2 atom stereocenters. The smallest absolute Gasteiger partial charge is 0.199 e. The standard InChI is InChI=1S/C42H41NO4/c1-3-11-33(12-4-1)40(34-13-5-2-6-14-34)31-32-17-19-35(20-18-32)43(36-21-25-38(26-22-36)46-41-15-7-9-29-44-41)37-23-27-39(28-24-37)47-42-16-8-10-30-45-42/h1-6,11-14,17-28,31,41-42H,7-10,15-16,29-30H2. The van der Waals surface area contributed by atoms with E-state index >= 15 is 0 Å². The molecule has 238 valence electrons. The average Bonchev–Trinajstić information content (AvgIpc) is 3.14. The largest absolute Gasteiger partial charge is 0.465 e. The summed E-state index contributed by atoms with van der Waals surface area (Å²) in [7, 11) is 0. The normalized spacial score (nSPS) is 17.8. The van der Waals surface area contributed by atoms with Crippen molar-refractivity contribution in [2.45, 2.75) is 51.1 Å². The fourth-order valence-corrected chi connectivity index (χ4v) is 6.16. The van der Waals surface area contributed by atoms with E-state index in [4.69, 9.17) is 18.9 Å². The zero-order chi connectivity index (χ0) is 31.7. The first-order valence-electron chi connectivity index (χ1n) is 16.8. The van der Waals surface area contributed by atoms with Gasteiger partial charge < -0.3 is 23.8 Å². The molecule has 0 aliphatic carbocycles. The molecule has 5 nitrogen and oxygen atoms in total. The second kappa shape index (κ2) is 15.2. The number of hydrogen-bond donors (Lipinski definition) is 0. The third-order valence-electron chi connectivity index (χ3n) is 8.63. The number of anilines is 3. The Morgan fingerprint density at radius 1 is 0.511 bits per heavy atom. The Kier molecular flexibility index (Phi) is 9.94. The van der Waals surface area contributed by atoms with Crippen LogP contribution in [0, 0.1) is 0 Å². The van der Waals surface area contributed by atoms with Crippen LogP contribution < -0.4 is 14.4 Å². The molecule has 0 spiro atoms. The molecule has 0 amide bonds. The van der Waals surface area contributed by atoms with Gasteiger partial charge in [-0.2, -0.15) is 0 Å².